The number of aromatic amines is 1. The van der Waals surface area contributed by atoms with Crippen molar-refractivity contribution in [2.75, 3.05) is 12.8 Å². The van der Waals surface area contributed by atoms with Gasteiger partial charge >= 0.3 is 0 Å². The summed E-state index contributed by atoms with van der Waals surface area (Å²) >= 11 is 11.1. The predicted octanol–water partition coefficient (Wildman–Crippen LogP) is 3.00. The lowest BCUT2D eigenvalue weighted by Crippen LogP contribution is -2.32. The van der Waals surface area contributed by atoms with Crippen LogP contribution in [0.5, 0.6) is 0 Å². The molecule has 2 heterocycles. The van der Waals surface area contributed by atoms with Gasteiger partial charge < -0.3 is 9.88 Å². The Morgan fingerprint density at radius 3 is 2.83 bits per heavy atom. The van der Waals surface area contributed by atoms with Gasteiger partial charge in [-0.2, -0.15) is 0 Å². The first-order valence-electron chi connectivity index (χ1n) is 6.78. The van der Waals surface area contributed by atoms with Crippen molar-refractivity contribution in [1.82, 2.24) is 9.88 Å². The lowest BCUT2D eigenvalue weighted by atomic mass is 10.1. The van der Waals surface area contributed by atoms with E-state index in [4.69, 9.17) is 23.8 Å². The summed E-state index contributed by atoms with van der Waals surface area (Å²) in [6.07, 6.45) is 1.63. The standard InChI is InChI=1S/C15H13ClN2O3S2/c1-18(15(19)10-3-2-6-17-14(10)22)12-8-23(20,21)13-5-4-9(16)7-11(12)13/h2-7,12H,8H2,1H3,(H,17,22). The molecule has 1 amide bonds. The molecule has 3 rings (SSSR count). The Kier molecular flexibility index (Phi) is 4.03. The molecule has 120 valence electrons. The number of aromatic nitrogens is 1. The Labute approximate surface area is 143 Å². The fraction of sp³-hybridized carbons (Fsp3) is 0.200. The van der Waals surface area contributed by atoms with Crippen LogP contribution in [-0.4, -0.2) is 37.0 Å². The maximum atomic E-state index is 12.7. The molecule has 0 fully saturated rings. The average molecular weight is 369 g/mol. The molecule has 1 N–H and O–H groups in total. The van der Waals surface area contributed by atoms with E-state index in [0.717, 1.165) is 0 Å². The number of nitrogens with zero attached hydrogens (tertiary/aromatic N) is 1. The van der Waals surface area contributed by atoms with Gasteiger partial charge in [0.05, 0.1) is 22.3 Å². The van der Waals surface area contributed by atoms with Gasteiger partial charge in [0.15, 0.2) is 9.84 Å². The summed E-state index contributed by atoms with van der Waals surface area (Å²) in [6.45, 7) is 0. The minimum atomic E-state index is -3.43. The fourth-order valence-corrected chi connectivity index (χ4v) is 4.92. The number of benzene rings is 1. The number of carbonyl (C=O) groups excluding carboxylic acids is 1. The largest absolute Gasteiger partial charge is 0.352 e. The quantitative estimate of drug-likeness (QED) is 0.827. The fourth-order valence-electron chi connectivity index (χ4n) is 2.69. The molecule has 1 aliphatic heterocycles. The molecule has 23 heavy (non-hydrogen) atoms. The molecule has 1 aromatic carbocycles. The second-order valence-corrected chi connectivity index (χ2v) is 8.16. The molecule has 8 heteroatoms. The van der Waals surface area contributed by atoms with Crippen LogP contribution in [-0.2, 0) is 9.84 Å². The molecule has 1 aromatic heterocycles. The summed E-state index contributed by atoms with van der Waals surface area (Å²) in [5.74, 6) is -0.492. The molecular weight excluding hydrogens is 356 g/mol. The molecule has 0 spiro atoms. The Hall–Kier alpha value is -1.70. The molecule has 5 nitrogen and oxygen atoms in total. The maximum absolute atomic E-state index is 12.7. The molecule has 2 aromatic rings. The summed E-state index contributed by atoms with van der Waals surface area (Å²) in [4.78, 5) is 17.1. The lowest BCUT2D eigenvalue weighted by molar-refractivity contribution is 0.0745. The molecule has 1 unspecified atom stereocenters. The first kappa shape index (κ1) is 16.2. The van der Waals surface area contributed by atoms with Crippen molar-refractivity contribution in [3.05, 3.63) is 57.3 Å². The van der Waals surface area contributed by atoms with Crippen LogP contribution in [0, 0.1) is 4.64 Å². The normalized spacial score (nSPS) is 18.4. The molecule has 0 aliphatic carbocycles. The third-order valence-corrected chi connectivity index (χ3v) is 6.25. The second-order valence-electron chi connectivity index (χ2n) is 5.31. The Morgan fingerprint density at radius 2 is 2.13 bits per heavy atom. The van der Waals surface area contributed by atoms with E-state index in [-0.39, 0.29) is 16.6 Å². The number of hydrogen-bond acceptors (Lipinski definition) is 4. The van der Waals surface area contributed by atoms with Gasteiger partial charge in [0.1, 0.15) is 4.64 Å². The van der Waals surface area contributed by atoms with Crippen LogP contribution in [0.3, 0.4) is 0 Å². The van der Waals surface area contributed by atoms with E-state index < -0.39 is 15.9 Å². The van der Waals surface area contributed by atoms with Crippen molar-refractivity contribution in [2.24, 2.45) is 0 Å². The van der Waals surface area contributed by atoms with Crippen LogP contribution >= 0.6 is 23.8 Å². The van der Waals surface area contributed by atoms with Crippen molar-refractivity contribution in [3.8, 4) is 0 Å². The first-order valence-corrected chi connectivity index (χ1v) is 9.22. The summed E-state index contributed by atoms with van der Waals surface area (Å²) in [5.41, 5.74) is 0.872. The van der Waals surface area contributed by atoms with E-state index in [1.165, 1.54) is 17.0 Å². The number of pyridine rings is 1. The number of rotatable bonds is 2. The van der Waals surface area contributed by atoms with Gasteiger partial charge in [-0.15, -0.1) is 0 Å². The van der Waals surface area contributed by atoms with Crippen molar-refractivity contribution in [2.45, 2.75) is 10.9 Å². The highest BCUT2D eigenvalue weighted by Gasteiger charge is 2.38. The van der Waals surface area contributed by atoms with Gasteiger partial charge in [-0.05, 0) is 35.9 Å². The first-order chi connectivity index (χ1) is 10.8. The number of amides is 1. The van der Waals surface area contributed by atoms with Gasteiger partial charge in [-0.1, -0.05) is 23.8 Å². The lowest BCUT2D eigenvalue weighted by Gasteiger charge is -2.24. The van der Waals surface area contributed by atoms with Gasteiger partial charge in [-0.25, -0.2) is 8.42 Å². The minimum absolute atomic E-state index is 0.159. The Morgan fingerprint density at radius 1 is 1.39 bits per heavy atom. The van der Waals surface area contributed by atoms with Crippen molar-refractivity contribution >= 4 is 39.6 Å². The summed E-state index contributed by atoms with van der Waals surface area (Å²) < 4.78 is 24.9. The van der Waals surface area contributed by atoms with Crippen LogP contribution in [0.1, 0.15) is 22.0 Å². The molecule has 0 saturated carbocycles. The molecule has 0 bridgehead atoms. The number of halogens is 1. The van der Waals surface area contributed by atoms with Gasteiger partial charge in [0, 0.05) is 18.3 Å². The van der Waals surface area contributed by atoms with E-state index >= 15 is 0 Å². The SMILES string of the molecule is CN(C(=O)c1ccc[nH]c1=S)C1CS(=O)(=O)c2ccc(Cl)cc21. The molecule has 1 aliphatic rings. The molecule has 0 saturated heterocycles. The molecule has 1 atom stereocenters. The summed E-state index contributed by atoms with van der Waals surface area (Å²) in [6, 6.07) is 7.32. The zero-order valence-electron chi connectivity index (χ0n) is 12.1. The van der Waals surface area contributed by atoms with Gasteiger partial charge in [0.2, 0.25) is 0 Å². The third-order valence-electron chi connectivity index (χ3n) is 3.88. The number of carbonyl (C=O) groups is 1. The summed E-state index contributed by atoms with van der Waals surface area (Å²) in [5, 5.41) is 0.434. The molecule has 0 radical (unpaired) electrons. The van der Waals surface area contributed by atoms with E-state index in [1.54, 1.807) is 31.4 Å². The van der Waals surface area contributed by atoms with Crippen LogP contribution in [0.25, 0.3) is 0 Å². The predicted molar refractivity (Wildman–Crippen MR) is 90.0 cm³/mol. The summed E-state index contributed by atoms with van der Waals surface area (Å²) in [7, 11) is -1.86. The highest BCUT2D eigenvalue weighted by Crippen LogP contribution is 2.38. The highest BCUT2D eigenvalue weighted by molar-refractivity contribution is 7.91. The number of fused-ring (bicyclic) bond motifs is 1. The van der Waals surface area contributed by atoms with Crippen LogP contribution < -0.4 is 0 Å². The van der Waals surface area contributed by atoms with Crippen molar-refractivity contribution in [1.29, 1.82) is 0 Å². The van der Waals surface area contributed by atoms with E-state index in [1.807, 2.05) is 0 Å². The van der Waals surface area contributed by atoms with Crippen molar-refractivity contribution < 1.29 is 13.2 Å². The van der Waals surface area contributed by atoms with E-state index in [0.29, 0.717) is 20.8 Å². The number of nitrogens with one attached hydrogen (secondary N) is 1. The molecular formula is C15H13ClN2O3S2. The monoisotopic (exact) mass is 368 g/mol. The average Bonchev–Trinajstić information content (AvgIpc) is 2.77. The topological polar surface area (TPSA) is 70.2 Å². The van der Waals surface area contributed by atoms with Crippen LogP contribution in [0.2, 0.25) is 5.02 Å². The van der Waals surface area contributed by atoms with E-state index in [2.05, 4.69) is 4.98 Å². The third kappa shape index (κ3) is 2.80. The number of H-pyrrole nitrogens is 1. The second kappa shape index (κ2) is 5.74. The highest BCUT2D eigenvalue weighted by atomic mass is 35.5. The number of hydrogen-bond donors (Lipinski definition) is 1. The smallest absolute Gasteiger partial charge is 0.257 e. The van der Waals surface area contributed by atoms with Gasteiger partial charge in [0.25, 0.3) is 5.91 Å². The Balaban J connectivity index is 2.04. The zero-order valence-corrected chi connectivity index (χ0v) is 14.5. The van der Waals surface area contributed by atoms with Crippen LogP contribution in [0.4, 0.5) is 0 Å². The Bertz CT molecular complexity index is 953. The maximum Gasteiger partial charge on any atom is 0.257 e. The van der Waals surface area contributed by atoms with Crippen molar-refractivity contribution in [3.63, 3.8) is 0 Å². The van der Waals surface area contributed by atoms with Gasteiger partial charge in [-0.3, -0.25) is 4.79 Å². The zero-order chi connectivity index (χ0) is 16.8. The van der Waals surface area contributed by atoms with Crippen LogP contribution in [0.15, 0.2) is 41.4 Å². The number of sulfone groups is 1. The van der Waals surface area contributed by atoms with E-state index in [9.17, 15) is 13.2 Å². The minimum Gasteiger partial charge on any atom is -0.352 e.